The molecule has 3 nitrogen and oxygen atoms in total. The Morgan fingerprint density at radius 3 is 1.66 bits per heavy atom. The molecule has 0 bridgehead atoms. The average molecular weight is 819 g/mol. The van der Waals surface area contributed by atoms with Crippen LogP contribution in [0.4, 0.5) is 0 Å². The highest BCUT2D eigenvalue weighted by Gasteiger charge is 2.35. The molecule has 1 aliphatic rings. The molecule has 12 rings (SSSR count). The van der Waals surface area contributed by atoms with Gasteiger partial charge in [-0.15, -0.1) is 0 Å². The first-order valence-electron chi connectivity index (χ1n) is 22.0. The van der Waals surface area contributed by atoms with Crippen molar-refractivity contribution in [2.45, 2.75) is 19.3 Å². The van der Waals surface area contributed by atoms with Crippen molar-refractivity contribution in [3.63, 3.8) is 0 Å². The lowest BCUT2D eigenvalue weighted by atomic mass is 9.82. The van der Waals surface area contributed by atoms with E-state index in [0.717, 1.165) is 83.4 Å². The summed E-state index contributed by atoms with van der Waals surface area (Å²) in [5.74, 6) is 0.673. The Hall–Kier alpha value is -8.14. The lowest BCUT2D eigenvalue weighted by Gasteiger charge is -2.21. The molecule has 11 aromatic rings. The minimum atomic E-state index is -0.0437. The van der Waals surface area contributed by atoms with E-state index >= 15 is 0 Å². The number of hydrogen-bond acceptors (Lipinski definition) is 3. The summed E-state index contributed by atoms with van der Waals surface area (Å²) in [6.45, 7) is 4.66. The Balaban J connectivity index is 1.04. The standard InChI is InChI=1S/C61H42N2O/c1-61(2)54-28-11-9-24-50(54)53-37-44(30-31-55(53)61)42-21-14-23-45(33-42)56-38-57(63-60(62-56)40-18-7-4-8-19-40)48-35-46(43-22-13-20-41(32-43)39-16-5-3-6-17-39)34-47(36-48)49-26-15-27-52-51-25-10-12-29-58(51)64-59(49)52/h3-38H,1-2H3. The van der Waals surface area contributed by atoms with Crippen LogP contribution >= 0.6 is 0 Å². The summed E-state index contributed by atoms with van der Waals surface area (Å²) in [5.41, 5.74) is 20.7. The highest BCUT2D eigenvalue weighted by atomic mass is 16.3. The fourth-order valence-electron chi connectivity index (χ4n) is 9.80. The number of fused-ring (bicyclic) bond motifs is 6. The lowest BCUT2D eigenvalue weighted by molar-refractivity contribution is 0.660. The van der Waals surface area contributed by atoms with Crippen molar-refractivity contribution in [2.75, 3.05) is 0 Å². The van der Waals surface area contributed by atoms with Gasteiger partial charge in [0.2, 0.25) is 0 Å². The van der Waals surface area contributed by atoms with Gasteiger partial charge in [0, 0.05) is 38.4 Å². The number of para-hydroxylation sites is 2. The first kappa shape index (κ1) is 37.6. The van der Waals surface area contributed by atoms with Crippen molar-refractivity contribution in [3.8, 4) is 89.5 Å². The van der Waals surface area contributed by atoms with Crippen LogP contribution in [-0.2, 0) is 5.41 Å². The van der Waals surface area contributed by atoms with E-state index in [1.54, 1.807) is 0 Å². The molecule has 0 radical (unpaired) electrons. The molecule has 0 unspecified atom stereocenters. The number of hydrogen-bond donors (Lipinski definition) is 0. The Morgan fingerprint density at radius 2 is 0.844 bits per heavy atom. The second-order valence-corrected chi connectivity index (χ2v) is 17.4. The maximum atomic E-state index is 6.63. The van der Waals surface area contributed by atoms with Gasteiger partial charge in [-0.2, -0.15) is 0 Å². The summed E-state index contributed by atoms with van der Waals surface area (Å²) in [7, 11) is 0. The van der Waals surface area contributed by atoms with Crippen molar-refractivity contribution < 1.29 is 4.42 Å². The zero-order valence-electron chi connectivity index (χ0n) is 35.6. The third-order valence-electron chi connectivity index (χ3n) is 13.1. The van der Waals surface area contributed by atoms with Crippen LogP contribution in [0, 0.1) is 0 Å². The minimum Gasteiger partial charge on any atom is -0.455 e. The van der Waals surface area contributed by atoms with E-state index in [1.807, 2.05) is 30.3 Å². The molecule has 0 N–H and O–H groups in total. The molecule has 0 spiro atoms. The van der Waals surface area contributed by atoms with Gasteiger partial charge in [0.25, 0.3) is 0 Å². The monoisotopic (exact) mass is 818 g/mol. The number of benzene rings is 9. The number of rotatable bonds is 7. The maximum absolute atomic E-state index is 6.63. The van der Waals surface area contributed by atoms with E-state index in [4.69, 9.17) is 14.4 Å². The fraction of sp³-hybridized carbons (Fsp3) is 0.0492. The molecule has 9 aromatic carbocycles. The summed E-state index contributed by atoms with van der Waals surface area (Å²) < 4.78 is 6.63. The normalized spacial score (nSPS) is 12.7. The molecule has 1 aliphatic carbocycles. The quantitative estimate of drug-likeness (QED) is 0.161. The molecule has 302 valence electrons. The van der Waals surface area contributed by atoms with E-state index < -0.39 is 0 Å². The van der Waals surface area contributed by atoms with Crippen LogP contribution in [-0.4, -0.2) is 9.97 Å². The van der Waals surface area contributed by atoms with Crippen molar-refractivity contribution in [1.82, 2.24) is 9.97 Å². The van der Waals surface area contributed by atoms with Gasteiger partial charge in [-0.25, -0.2) is 9.97 Å². The van der Waals surface area contributed by atoms with E-state index in [1.165, 1.54) is 33.4 Å². The minimum absolute atomic E-state index is 0.0437. The summed E-state index contributed by atoms with van der Waals surface area (Å²) in [5, 5.41) is 2.20. The van der Waals surface area contributed by atoms with Crippen molar-refractivity contribution in [3.05, 3.63) is 230 Å². The molecule has 0 saturated heterocycles. The van der Waals surface area contributed by atoms with Crippen molar-refractivity contribution in [2.24, 2.45) is 0 Å². The lowest BCUT2D eigenvalue weighted by Crippen LogP contribution is -2.14. The zero-order valence-corrected chi connectivity index (χ0v) is 35.6. The van der Waals surface area contributed by atoms with Gasteiger partial charge in [0.15, 0.2) is 5.82 Å². The maximum Gasteiger partial charge on any atom is 0.160 e. The van der Waals surface area contributed by atoms with Crippen LogP contribution in [0.15, 0.2) is 223 Å². The third-order valence-corrected chi connectivity index (χ3v) is 13.1. The second kappa shape index (κ2) is 15.0. The van der Waals surface area contributed by atoms with Gasteiger partial charge in [-0.3, -0.25) is 0 Å². The summed E-state index contributed by atoms with van der Waals surface area (Å²) in [6, 6.07) is 77.9. The molecule has 2 aromatic heterocycles. The largest absolute Gasteiger partial charge is 0.455 e. The van der Waals surface area contributed by atoms with Gasteiger partial charge >= 0.3 is 0 Å². The molecular formula is C61H42N2O. The Kier molecular flexibility index (Phi) is 8.84. The average Bonchev–Trinajstić information content (AvgIpc) is 3.86. The Morgan fingerprint density at radius 1 is 0.328 bits per heavy atom. The number of nitrogens with zero attached hydrogens (tertiary/aromatic N) is 2. The molecule has 3 heteroatoms. The van der Waals surface area contributed by atoms with Crippen LogP contribution in [0.2, 0.25) is 0 Å². The third kappa shape index (κ3) is 6.44. The Bertz CT molecular complexity index is 3580. The van der Waals surface area contributed by atoms with E-state index in [2.05, 4.69) is 202 Å². The topological polar surface area (TPSA) is 38.9 Å². The van der Waals surface area contributed by atoms with E-state index in [0.29, 0.717) is 5.82 Å². The molecule has 0 atom stereocenters. The van der Waals surface area contributed by atoms with E-state index in [-0.39, 0.29) is 5.41 Å². The summed E-state index contributed by atoms with van der Waals surface area (Å²) in [6.07, 6.45) is 0. The summed E-state index contributed by atoms with van der Waals surface area (Å²) >= 11 is 0. The Labute approximate surface area is 373 Å². The van der Waals surface area contributed by atoms with Crippen molar-refractivity contribution in [1.29, 1.82) is 0 Å². The first-order valence-corrected chi connectivity index (χ1v) is 22.0. The number of furan rings is 1. The van der Waals surface area contributed by atoms with Crippen LogP contribution in [0.25, 0.3) is 111 Å². The molecule has 0 amide bonds. The van der Waals surface area contributed by atoms with Crippen molar-refractivity contribution >= 4 is 21.9 Å². The molecule has 64 heavy (non-hydrogen) atoms. The molecule has 0 saturated carbocycles. The predicted octanol–water partition coefficient (Wildman–Crippen LogP) is 16.4. The van der Waals surface area contributed by atoms with Crippen LogP contribution in [0.5, 0.6) is 0 Å². The molecular weight excluding hydrogens is 777 g/mol. The highest BCUT2D eigenvalue weighted by Crippen LogP contribution is 2.50. The van der Waals surface area contributed by atoms with Gasteiger partial charge in [-0.1, -0.05) is 184 Å². The van der Waals surface area contributed by atoms with Gasteiger partial charge < -0.3 is 4.42 Å². The van der Waals surface area contributed by atoms with Crippen LogP contribution in [0.1, 0.15) is 25.0 Å². The molecule has 2 heterocycles. The van der Waals surface area contributed by atoms with Crippen LogP contribution in [0.3, 0.4) is 0 Å². The highest BCUT2D eigenvalue weighted by molar-refractivity contribution is 6.10. The molecule has 0 aliphatic heterocycles. The zero-order chi connectivity index (χ0) is 42.8. The first-order chi connectivity index (χ1) is 31.4. The predicted molar refractivity (Wildman–Crippen MR) is 265 cm³/mol. The second-order valence-electron chi connectivity index (χ2n) is 17.4. The van der Waals surface area contributed by atoms with Crippen LogP contribution < -0.4 is 0 Å². The smallest absolute Gasteiger partial charge is 0.160 e. The number of aromatic nitrogens is 2. The SMILES string of the molecule is CC1(C)c2ccccc2-c2cc(-c3cccc(-c4cc(-c5cc(-c6cccc(-c7ccccc7)c6)cc(-c6cccc7c6oc6ccccc67)c5)nc(-c5ccccc5)n4)c3)ccc21. The fourth-order valence-corrected chi connectivity index (χ4v) is 9.80. The van der Waals surface area contributed by atoms with Gasteiger partial charge in [-0.05, 0) is 110 Å². The molecule has 0 fully saturated rings. The van der Waals surface area contributed by atoms with Gasteiger partial charge in [0.05, 0.1) is 11.4 Å². The van der Waals surface area contributed by atoms with Gasteiger partial charge in [0.1, 0.15) is 11.2 Å². The summed E-state index contributed by atoms with van der Waals surface area (Å²) in [4.78, 5) is 10.6. The van der Waals surface area contributed by atoms with E-state index in [9.17, 15) is 0 Å².